The van der Waals surface area contributed by atoms with Gasteiger partial charge in [-0.05, 0) is 48.7 Å². The summed E-state index contributed by atoms with van der Waals surface area (Å²) in [6.07, 6.45) is 2.72. The van der Waals surface area contributed by atoms with E-state index in [1.807, 2.05) is 0 Å². The van der Waals surface area contributed by atoms with Crippen molar-refractivity contribution in [2.75, 3.05) is 0 Å². The van der Waals surface area contributed by atoms with Crippen molar-refractivity contribution in [3.8, 4) is 0 Å². The Balaban J connectivity index is 1.98. The van der Waals surface area contributed by atoms with Crippen LogP contribution < -0.4 is 0 Å². The molecule has 0 unspecified atom stereocenters. The standard InChI is InChI=1S/C17H12F2O2S/c18-11-4-2-5-12(8-11)22-13-7-10-3-1-6-14(17(20)21)16(10)15(19)9-13/h2,4-9H,1,3H2,(H,20,21). The highest BCUT2D eigenvalue weighted by Crippen LogP contribution is 2.35. The summed E-state index contributed by atoms with van der Waals surface area (Å²) in [6, 6.07) is 9.15. The lowest BCUT2D eigenvalue weighted by molar-refractivity contribution is -0.130. The van der Waals surface area contributed by atoms with Gasteiger partial charge in [0.15, 0.2) is 0 Å². The molecule has 2 nitrogen and oxygen atoms in total. The molecule has 2 aromatic carbocycles. The molecule has 1 N–H and O–H groups in total. The van der Waals surface area contributed by atoms with E-state index in [1.54, 1.807) is 24.3 Å². The Labute approximate surface area is 130 Å². The highest BCUT2D eigenvalue weighted by atomic mass is 32.2. The van der Waals surface area contributed by atoms with Gasteiger partial charge in [0.2, 0.25) is 0 Å². The molecular weight excluding hydrogens is 306 g/mol. The molecule has 0 amide bonds. The van der Waals surface area contributed by atoms with E-state index in [4.69, 9.17) is 5.11 Å². The van der Waals surface area contributed by atoms with Crippen LogP contribution in [0.25, 0.3) is 5.57 Å². The first-order chi connectivity index (χ1) is 10.5. The molecule has 0 saturated carbocycles. The summed E-state index contributed by atoms with van der Waals surface area (Å²) in [6.45, 7) is 0. The highest BCUT2D eigenvalue weighted by molar-refractivity contribution is 7.99. The fraction of sp³-hybridized carbons (Fsp3) is 0.118. The number of hydrogen-bond acceptors (Lipinski definition) is 2. The highest BCUT2D eigenvalue weighted by Gasteiger charge is 2.22. The number of benzene rings is 2. The summed E-state index contributed by atoms with van der Waals surface area (Å²) >= 11 is 1.25. The molecule has 2 aromatic rings. The first-order valence-electron chi connectivity index (χ1n) is 6.74. The second-order valence-corrected chi connectivity index (χ2v) is 6.11. The van der Waals surface area contributed by atoms with Crippen LogP contribution in [0.3, 0.4) is 0 Å². The van der Waals surface area contributed by atoms with E-state index in [1.165, 1.54) is 30.0 Å². The molecule has 0 bridgehead atoms. The number of fused-ring (bicyclic) bond motifs is 1. The zero-order valence-electron chi connectivity index (χ0n) is 11.5. The van der Waals surface area contributed by atoms with Crippen molar-refractivity contribution in [3.05, 3.63) is 65.2 Å². The quantitative estimate of drug-likeness (QED) is 0.903. The molecule has 0 aromatic heterocycles. The minimum absolute atomic E-state index is 0.0149. The SMILES string of the molecule is O=C(O)C1=CCCc2cc(Sc3cccc(F)c3)cc(F)c21. The van der Waals surface area contributed by atoms with Crippen LogP contribution in [-0.4, -0.2) is 11.1 Å². The lowest BCUT2D eigenvalue weighted by Gasteiger charge is -2.17. The van der Waals surface area contributed by atoms with Gasteiger partial charge in [-0.25, -0.2) is 13.6 Å². The molecule has 112 valence electrons. The Kier molecular flexibility index (Phi) is 3.98. The fourth-order valence-corrected chi connectivity index (χ4v) is 3.48. The molecule has 1 aliphatic carbocycles. The van der Waals surface area contributed by atoms with Gasteiger partial charge in [0.05, 0.1) is 5.57 Å². The third kappa shape index (κ3) is 2.90. The van der Waals surface area contributed by atoms with Gasteiger partial charge in [-0.3, -0.25) is 0 Å². The van der Waals surface area contributed by atoms with E-state index in [2.05, 4.69) is 0 Å². The third-order valence-corrected chi connectivity index (χ3v) is 4.40. The molecule has 0 atom stereocenters. The fourth-order valence-electron chi connectivity index (χ4n) is 2.53. The number of aryl methyl sites for hydroxylation is 1. The number of hydrogen-bond donors (Lipinski definition) is 1. The van der Waals surface area contributed by atoms with Crippen LogP contribution in [0, 0.1) is 11.6 Å². The van der Waals surface area contributed by atoms with Gasteiger partial charge in [-0.15, -0.1) is 0 Å². The minimum Gasteiger partial charge on any atom is -0.478 e. The number of rotatable bonds is 3. The van der Waals surface area contributed by atoms with E-state index in [0.717, 1.165) is 0 Å². The monoisotopic (exact) mass is 318 g/mol. The average molecular weight is 318 g/mol. The van der Waals surface area contributed by atoms with Crippen molar-refractivity contribution >= 4 is 23.3 Å². The average Bonchev–Trinajstić information content (AvgIpc) is 2.46. The minimum atomic E-state index is -1.12. The van der Waals surface area contributed by atoms with Gasteiger partial charge in [0.25, 0.3) is 0 Å². The van der Waals surface area contributed by atoms with Gasteiger partial charge < -0.3 is 5.11 Å². The Morgan fingerprint density at radius 2 is 1.95 bits per heavy atom. The molecule has 0 radical (unpaired) electrons. The molecule has 0 spiro atoms. The van der Waals surface area contributed by atoms with Crippen LogP contribution in [-0.2, 0) is 11.2 Å². The van der Waals surface area contributed by atoms with E-state index in [9.17, 15) is 13.6 Å². The van der Waals surface area contributed by atoms with Gasteiger partial charge in [-0.2, -0.15) is 0 Å². The smallest absolute Gasteiger partial charge is 0.336 e. The van der Waals surface area contributed by atoms with Gasteiger partial charge in [0, 0.05) is 15.4 Å². The maximum Gasteiger partial charge on any atom is 0.336 e. The normalized spacial score (nSPS) is 13.5. The Morgan fingerprint density at radius 3 is 2.68 bits per heavy atom. The molecular formula is C17H12F2O2S. The Morgan fingerprint density at radius 1 is 1.14 bits per heavy atom. The summed E-state index contributed by atoms with van der Waals surface area (Å²) in [5.74, 6) is -2.02. The molecule has 0 fully saturated rings. The lowest BCUT2D eigenvalue weighted by atomic mass is 9.90. The van der Waals surface area contributed by atoms with Crippen LogP contribution in [0.2, 0.25) is 0 Å². The molecule has 5 heteroatoms. The van der Waals surface area contributed by atoms with Crippen LogP contribution in [0.4, 0.5) is 8.78 Å². The predicted octanol–water partition coefficient (Wildman–Crippen LogP) is 4.53. The van der Waals surface area contributed by atoms with Crippen molar-refractivity contribution in [1.29, 1.82) is 0 Å². The van der Waals surface area contributed by atoms with Crippen molar-refractivity contribution < 1.29 is 18.7 Å². The van der Waals surface area contributed by atoms with E-state index < -0.39 is 11.8 Å². The number of aliphatic carboxylic acids is 1. The zero-order chi connectivity index (χ0) is 15.7. The second kappa shape index (κ2) is 5.93. The molecule has 22 heavy (non-hydrogen) atoms. The van der Waals surface area contributed by atoms with Crippen LogP contribution >= 0.6 is 11.8 Å². The molecule has 0 aliphatic heterocycles. The predicted molar refractivity (Wildman–Crippen MR) is 80.9 cm³/mol. The summed E-state index contributed by atoms with van der Waals surface area (Å²) < 4.78 is 27.5. The van der Waals surface area contributed by atoms with Crippen molar-refractivity contribution in [1.82, 2.24) is 0 Å². The third-order valence-electron chi connectivity index (χ3n) is 3.44. The summed E-state index contributed by atoms with van der Waals surface area (Å²) in [7, 11) is 0. The Hall–Kier alpha value is -2.14. The number of carbonyl (C=O) groups is 1. The lowest BCUT2D eigenvalue weighted by Crippen LogP contribution is -2.10. The number of halogens is 2. The number of carboxylic acids is 1. The maximum absolute atomic E-state index is 14.3. The maximum atomic E-state index is 14.3. The largest absolute Gasteiger partial charge is 0.478 e. The van der Waals surface area contributed by atoms with Gasteiger partial charge >= 0.3 is 5.97 Å². The molecule has 0 saturated heterocycles. The van der Waals surface area contributed by atoms with E-state index in [0.29, 0.717) is 28.2 Å². The van der Waals surface area contributed by atoms with Crippen LogP contribution in [0.15, 0.2) is 52.3 Å². The first kappa shape index (κ1) is 14.8. The van der Waals surface area contributed by atoms with Crippen molar-refractivity contribution in [3.63, 3.8) is 0 Å². The summed E-state index contributed by atoms with van der Waals surface area (Å²) in [4.78, 5) is 12.5. The number of allylic oxidation sites excluding steroid dienone is 1. The van der Waals surface area contributed by atoms with E-state index >= 15 is 0 Å². The molecule has 3 rings (SSSR count). The second-order valence-electron chi connectivity index (χ2n) is 4.96. The zero-order valence-corrected chi connectivity index (χ0v) is 12.3. The molecule has 0 heterocycles. The first-order valence-corrected chi connectivity index (χ1v) is 7.56. The Bertz CT molecular complexity index is 784. The molecule has 1 aliphatic rings. The van der Waals surface area contributed by atoms with Crippen molar-refractivity contribution in [2.45, 2.75) is 22.6 Å². The van der Waals surface area contributed by atoms with Gasteiger partial charge in [-0.1, -0.05) is 23.9 Å². The number of carboxylic acid groups (broad SMARTS) is 1. The van der Waals surface area contributed by atoms with Gasteiger partial charge in [0.1, 0.15) is 11.6 Å². The van der Waals surface area contributed by atoms with Crippen LogP contribution in [0.5, 0.6) is 0 Å². The van der Waals surface area contributed by atoms with E-state index in [-0.39, 0.29) is 17.0 Å². The van der Waals surface area contributed by atoms with Crippen LogP contribution in [0.1, 0.15) is 17.5 Å². The summed E-state index contributed by atoms with van der Waals surface area (Å²) in [5, 5.41) is 9.16. The summed E-state index contributed by atoms with van der Waals surface area (Å²) in [5.41, 5.74) is 0.863. The topological polar surface area (TPSA) is 37.3 Å². The van der Waals surface area contributed by atoms with Crippen molar-refractivity contribution in [2.24, 2.45) is 0 Å².